The molecule has 0 aliphatic heterocycles. The molecule has 0 saturated carbocycles. The molecule has 0 aliphatic carbocycles. The van der Waals surface area contributed by atoms with Crippen LogP contribution in [-0.4, -0.2) is 22.4 Å². The minimum absolute atomic E-state index is 0.232. The van der Waals surface area contributed by atoms with Crippen LogP contribution in [0.3, 0.4) is 0 Å². The topological polar surface area (TPSA) is 66.8 Å². The lowest BCUT2D eigenvalue weighted by Crippen LogP contribution is -2.04. The van der Waals surface area contributed by atoms with Gasteiger partial charge in [0.2, 0.25) is 0 Å². The van der Waals surface area contributed by atoms with Crippen molar-refractivity contribution in [1.29, 1.82) is 0 Å². The van der Waals surface area contributed by atoms with Crippen molar-refractivity contribution in [2.75, 3.05) is 0 Å². The second-order valence-electron chi connectivity index (χ2n) is 5.27. The zero-order valence-electron chi connectivity index (χ0n) is 14.5. The molecule has 4 nitrogen and oxygen atoms in total. The molecule has 0 unspecified atom stereocenters. The van der Waals surface area contributed by atoms with Gasteiger partial charge in [-0.25, -0.2) is 4.89 Å². The van der Waals surface area contributed by atoms with Crippen molar-refractivity contribution in [2.24, 2.45) is 0 Å². The van der Waals surface area contributed by atoms with Crippen molar-refractivity contribution < 1.29 is 20.0 Å². The zero-order chi connectivity index (χ0) is 17.9. The number of rotatable bonds is 14. The number of unbranched alkanes of at least 4 members (excludes halogenated alkanes) is 1. The lowest BCUT2D eigenvalue weighted by molar-refractivity contribution is -0.264. The molecule has 0 spiro atoms. The molecular weight excluding hydrogens is 304 g/mol. The minimum Gasteiger partial charge on any atom is -0.481 e. The van der Waals surface area contributed by atoms with Crippen molar-refractivity contribution in [1.82, 2.24) is 0 Å². The summed E-state index contributed by atoms with van der Waals surface area (Å²) in [6.45, 7) is 2.06. The molecule has 0 bridgehead atoms. The van der Waals surface area contributed by atoms with Crippen LogP contribution in [0.2, 0.25) is 0 Å². The minimum atomic E-state index is -0.738. The Morgan fingerprint density at radius 3 is 2.38 bits per heavy atom. The molecule has 2 N–H and O–H groups in total. The van der Waals surface area contributed by atoms with E-state index in [1.54, 1.807) is 0 Å². The quantitative estimate of drug-likeness (QED) is 0.145. The number of aliphatic carboxylic acids is 1. The van der Waals surface area contributed by atoms with Gasteiger partial charge in [-0.05, 0) is 38.5 Å². The molecule has 0 rings (SSSR count). The van der Waals surface area contributed by atoms with E-state index in [1.807, 2.05) is 42.5 Å². The Morgan fingerprint density at radius 2 is 1.71 bits per heavy atom. The molecule has 1 atom stereocenters. The van der Waals surface area contributed by atoms with Gasteiger partial charge in [-0.1, -0.05) is 67.7 Å². The fourth-order valence-electron chi connectivity index (χ4n) is 1.83. The fourth-order valence-corrected chi connectivity index (χ4v) is 1.83. The standard InChI is InChI=1S/C20H30O4/c1-2-3-13-16-19(24-23)17-14-11-9-7-5-4-6-8-10-12-15-18-20(21)22/h3-5,8-11,13-14,17,19,23H,2,6-7,12,15-16,18H2,1H3,(H,21,22)/b5-4+,10-8-,11-9-,13-3-,17-14+/t19-/m0/s1. The SMILES string of the molecule is CC/C=C\C[C@@H](/C=C/C=C\C/C=C/C/C=C\CCCC(=O)O)OO. The van der Waals surface area contributed by atoms with Crippen LogP contribution in [0.25, 0.3) is 0 Å². The van der Waals surface area contributed by atoms with Crippen LogP contribution in [-0.2, 0) is 9.68 Å². The molecule has 0 saturated heterocycles. The van der Waals surface area contributed by atoms with E-state index in [4.69, 9.17) is 10.4 Å². The molecule has 0 aromatic rings. The Hall–Kier alpha value is -1.91. The highest BCUT2D eigenvalue weighted by Crippen LogP contribution is 2.02. The van der Waals surface area contributed by atoms with E-state index in [2.05, 4.69) is 30.0 Å². The molecule has 0 aromatic heterocycles. The largest absolute Gasteiger partial charge is 0.481 e. The van der Waals surface area contributed by atoms with Gasteiger partial charge in [0.25, 0.3) is 0 Å². The van der Waals surface area contributed by atoms with Gasteiger partial charge in [0, 0.05) is 6.42 Å². The van der Waals surface area contributed by atoms with E-state index in [-0.39, 0.29) is 12.5 Å². The maximum absolute atomic E-state index is 10.3. The Balaban J connectivity index is 3.75. The van der Waals surface area contributed by atoms with Gasteiger partial charge in [0.05, 0.1) is 0 Å². The first-order chi connectivity index (χ1) is 11.7. The summed E-state index contributed by atoms with van der Waals surface area (Å²) >= 11 is 0. The monoisotopic (exact) mass is 334 g/mol. The summed E-state index contributed by atoms with van der Waals surface area (Å²) in [5, 5.41) is 17.3. The first kappa shape index (κ1) is 22.1. The molecule has 4 heteroatoms. The Kier molecular flexibility index (Phi) is 16.1. The highest BCUT2D eigenvalue weighted by atomic mass is 17.1. The van der Waals surface area contributed by atoms with Crippen LogP contribution in [0, 0.1) is 0 Å². The second-order valence-corrected chi connectivity index (χ2v) is 5.27. The average Bonchev–Trinajstić information content (AvgIpc) is 2.57. The van der Waals surface area contributed by atoms with E-state index >= 15 is 0 Å². The Morgan fingerprint density at radius 1 is 1.00 bits per heavy atom. The first-order valence-electron chi connectivity index (χ1n) is 8.51. The van der Waals surface area contributed by atoms with Gasteiger partial charge < -0.3 is 5.11 Å². The third-order valence-electron chi connectivity index (χ3n) is 3.12. The van der Waals surface area contributed by atoms with E-state index < -0.39 is 5.97 Å². The van der Waals surface area contributed by atoms with Crippen LogP contribution in [0.4, 0.5) is 0 Å². The number of hydrogen-bond donors (Lipinski definition) is 2. The summed E-state index contributed by atoms with van der Waals surface area (Å²) < 4.78 is 0. The normalized spacial score (nSPS) is 14.1. The Labute approximate surface area is 145 Å². The molecule has 0 aliphatic rings. The predicted molar refractivity (Wildman–Crippen MR) is 98.8 cm³/mol. The van der Waals surface area contributed by atoms with Crippen LogP contribution >= 0.6 is 0 Å². The zero-order valence-corrected chi connectivity index (χ0v) is 14.5. The van der Waals surface area contributed by atoms with Crippen LogP contribution < -0.4 is 0 Å². The molecule has 0 aromatic carbocycles. The van der Waals surface area contributed by atoms with E-state index in [0.29, 0.717) is 12.8 Å². The molecule has 24 heavy (non-hydrogen) atoms. The lowest BCUT2D eigenvalue weighted by atomic mass is 10.2. The van der Waals surface area contributed by atoms with Gasteiger partial charge in [-0.3, -0.25) is 10.1 Å². The summed E-state index contributed by atoms with van der Waals surface area (Å²) in [6, 6.07) is 0. The number of carbonyl (C=O) groups is 1. The van der Waals surface area contributed by atoms with Crippen molar-refractivity contribution in [3.8, 4) is 0 Å². The van der Waals surface area contributed by atoms with E-state index in [0.717, 1.165) is 25.7 Å². The van der Waals surface area contributed by atoms with Crippen LogP contribution in [0.1, 0.15) is 51.9 Å². The number of hydrogen-bond acceptors (Lipinski definition) is 3. The summed E-state index contributed by atoms with van der Waals surface area (Å²) in [7, 11) is 0. The summed E-state index contributed by atoms with van der Waals surface area (Å²) in [4.78, 5) is 14.7. The molecular formula is C20H30O4. The summed E-state index contributed by atoms with van der Waals surface area (Å²) in [5.74, 6) is -0.738. The van der Waals surface area contributed by atoms with Crippen molar-refractivity contribution in [3.05, 3.63) is 60.8 Å². The van der Waals surface area contributed by atoms with Gasteiger partial charge in [-0.2, -0.15) is 0 Å². The molecule has 0 amide bonds. The highest BCUT2D eigenvalue weighted by Gasteiger charge is 1.99. The maximum Gasteiger partial charge on any atom is 0.303 e. The lowest BCUT2D eigenvalue weighted by Gasteiger charge is -2.03. The summed E-state index contributed by atoms with van der Waals surface area (Å²) in [5.41, 5.74) is 0. The van der Waals surface area contributed by atoms with Gasteiger partial charge >= 0.3 is 5.97 Å². The highest BCUT2D eigenvalue weighted by molar-refractivity contribution is 5.66. The van der Waals surface area contributed by atoms with Crippen molar-refractivity contribution in [2.45, 2.75) is 58.0 Å². The van der Waals surface area contributed by atoms with Crippen molar-refractivity contribution in [3.63, 3.8) is 0 Å². The third-order valence-corrected chi connectivity index (χ3v) is 3.12. The van der Waals surface area contributed by atoms with Crippen molar-refractivity contribution >= 4 is 5.97 Å². The average molecular weight is 334 g/mol. The predicted octanol–water partition coefficient (Wildman–Crippen LogP) is 5.46. The fraction of sp³-hybridized carbons (Fsp3) is 0.450. The molecule has 0 heterocycles. The molecule has 0 fully saturated rings. The second kappa shape index (κ2) is 17.4. The smallest absolute Gasteiger partial charge is 0.303 e. The van der Waals surface area contributed by atoms with Gasteiger partial charge in [-0.15, -0.1) is 0 Å². The summed E-state index contributed by atoms with van der Waals surface area (Å²) in [6.07, 6.45) is 24.7. The molecule has 0 radical (unpaired) electrons. The third kappa shape index (κ3) is 16.5. The maximum atomic E-state index is 10.3. The van der Waals surface area contributed by atoms with E-state index in [9.17, 15) is 4.79 Å². The Bertz CT molecular complexity index is 445. The first-order valence-corrected chi connectivity index (χ1v) is 8.51. The van der Waals surface area contributed by atoms with Gasteiger partial charge in [0.15, 0.2) is 0 Å². The van der Waals surface area contributed by atoms with E-state index in [1.165, 1.54) is 0 Å². The number of carboxylic acid groups (broad SMARTS) is 1. The van der Waals surface area contributed by atoms with Gasteiger partial charge in [0.1, 0.15) is 6.10 Å². The van der Waals surface area contributed by atoms with Crippen LogP contribution in [0.5, 0.6) is 0 Å². The number of allylic oxidation sites excluding steroid dienone is 8. The number of carboxylic acids is 1. The van der Waals surface area contributed by atoms with Crippen LogP contribution in [0.15, 0.2) is 60.8 Å². The molecule has 134 valence electrons.